The summed E-state index contributed by atoms with van der Waals surface area (Å²) in [5, 5.41) is 2.54. The predicted octanol–water partition coefficient (Wildman–Crippen LogP) is 19.3. The molecule has 7 aromatic carbocycles. The molecule has 70 heavy (non-hydrogen) atoms. The van der Waals surface area contributed by atoms with E-state index in [1.165, 1.54) is 104 Å². The van der Waals surface area contributed by atoms with Crippen LogP contribution in [0, 0.1) is 19.3 Å². The van der Waals surface area contributed by atoms with Gasteiger partial charge in [-0.3, -0.25) is 0 Å². The zero-order valence-electron chi connectivity index (χ0n) is 42.4. The molecule has 12 rings (SSSR count). The lowest BCUT2D eigenvalue weighted by molar-refractivity contribution is 0.383. The molecule has 1 heterocycles. The Kier molecular flexibility index (Phi) is 13.1. The lowest BCUT2D eigenvalue weighted by Gasteiger charge is -2.43. The van der Waals surface area contributed by atoms with Gasteiger partial charge < -0.3 is 9.47 Å². The van der Waals surface area contributed by atoms with Crippen molar-refractivity contribution in [3.63, 3.8) is 0 Å². The zero-order chi connectivity index (χ0) is 48.4. The molecule has 0 unspecified atom stereocenters. The van der Waals surface area contributed by atoms with Gasteiger partial charge in [0.2, 0.25) is 0 Å². The predicted molar refractivity (Wildman–Crippen MR) is 301 cm³/mol. The molecule has 2 bridgehead atoms. The van der Waals surface area contributed by atoms with Crippen LogP contribution in [0.4, 0.5) is 17.1 Å². The Morgan fingerprint density at radius 1 is 0.514 bits per heavy atom. The van der Waals surface area contributed by atoms with E-state index >= 15 is 0 Å². The minimum atomic E-state index is 0.0227. The standard InChI is InChI=1S/C42H36N2.C19H24.C7H8/c1-4-42(5-2)38-19-13-12-18-34(38)35-23-21-33(28-39(35)42)43(30-14-8-6-9-15-30)32-22-25-41-37(27-32)36-26-29(3)20-24-40(36)44(41)31-16-10-7-11-17-31;1-4-19(5-2)16-12-14(3)10-11-15(13-16)17-8-6-7-9-18(17)19;1-7-5-3-2-4-6-7/h6-28H,4-5H2,1-3H3;7,9-12H,4-6,8,13H2,1-3H3;2-6H,1H3. The Bertz CT molecular complexity index is 3340. The molecule has 0 aliphatic heterocycles. The minimum absolute atomic E-state index is 0.0227. The Balaban J connectivity index is 0.000000178. The van der Waals surface area contributed by atoms with E-state index in [1.54, 1.807) is 22.3 Å². The number of nitrogens with zero attached hydrogens (tertiary/aromatic N) is 2. The van der Waals surface area contributed by atoms with Crippen LogP contribution in [0.15, 0.2) is 228 Å². The number of hydrogen-bond acceptors (Lipinski definition) is 1. The molecule has 2 heteroatoms. The summed E-state index contributed by atoms with van der Waals surface area (Å²) < 4.78 is 2.39. The van der Waals surface area contributed by atoms with E-state index in [4.69, 9.17) is 0 Å². The first-order valence-electron chi connectivity index (χ1n) is 25.9. The van der Waals surface area contributed by atoms with Crippen molar-refractivity contribution in [2.45, 2.75) is 98.8 Å². The van der Waals surface area contributed by atoms with E-state index in [2.05, 4.69) is 240 Å². The quantitative estimate of drug-likeness (QED) is 0.147. The molecule has 350 valence electrons. The second-order valence-corrected chi connectivity index (χ2v) is 19.9. The second kappa shape index (κ2) is 19.7. The monoisotopic (exact) mass is 913 g/mol. The molecule has 0 amide bonds. The average Bonchev–Trinajstić information content (AvgIpc) is 3.80. The van der Waals surface area contributed by atoms with Crippen LogP contribution in [0.25, 0.3) is 38.6 Å². The smallest absolute Gasteiger partial charge is 0.0542 e. The number of allylic oxidation sites excluding steroid dienone is 10. The largest absolute Gasteiger partial charge is 0.310 e. The molecule has 0 saturated heterocycles. The Morgan fingerprint density at radius 2 is 1.11 bits per heavy atom. The third-order valence-corrected chi connectivity index (χ3v) is 16.1. The highest BCUT2D eigenvalue weighted by atomic mass is 15.1. The Labute approximate surface area is 417 Å². The first-order valence-corrected chi connectivity index (χ1v) is 25.9. The highest BCUT2D eigenvalue weighted by molar-refractivity contribution is 6.11. The summed E-state index contributed by atoms with van der Waals surface area (Å²) in [5.74, 6) is 0. The van der Waals surface area contributed by atoms with Crippen molar-refractivity contribution >= 4 is 38.9 Å². The van der Waals surface area contributed by atoms with E-state index in [1.807, 2.05) is 18.2 Å². The van der Waals surface area contributed by atoms with Crippen molar-refractivity contribution in [2.75, 3.05) is 4.90 Å². The lowest BCUT2D eigenvalue weighted by Crippen LogP contribution is -2.30. The first kappa shape index (κ1) is 46.6. The van der Waals surface area contributed by atoms with Gasteiger partial charge in [0.15, 0.2) is 0 Å². The topological polar surface area (TPSA) is 8.17 Å². The van der Waals surface area contributed by atoms with Crippen LogP contribution in [0.1, 0.15) is 102 Å². The summed E-state index contributed by atoms with van der Waals surface area (Å²) in [4.78, 5) is 2.43. The normalized spacial score (nSPS) is 15.8. The van der Waals surface area contributed by atoms with Crippen molar-refractivity contribution in [1.29, 1.82) is 0 Å². The fraction of sp³-hybridized carbons (Fsp3) is 0.235. The summed E-state index contributed by atoms with van der Waals surface area (Å²) in [6.45, 7) is 15.9. The molecule has 0 spiro atoms. The first-order chi connectivity index (χ1) is 34.2. The average molecular weight is 913 g/mol. The Hall–Kier alpha value is -7.16. The zero-order valence-corrected chi connectivity index (χ0v) is 42.4. The van der Waals surface area contributed by atoms with Crippen LogP contribution < -0.4 is 4.90 Å². The van der Waals surface area contributed by atoms with E-state index in [0.717, 1.165) is 24.2 Å². The number of anilines is 3. The molecule has 0 saturated carbocycles. The fourth-order valence-corrected chi connectivity index (χ4v) is 12.4. The number of aryl methyl sites for hydroxylation is 2. The highest BCUT2D eigenvalue weighted by Gasteiger charge is 2.42. The van der Waals surface area contributed by atoms with Crippen molar-refractivity contribution in [3.05, 3.63) is 250 Å². The van der Waals surface area contributed by atoms with Crippen LogP contribution in [-0.2, 0) is 5.41 Å². The molecule has 0 fully saturated rings. The van der Waals surface area contributed by atoms with E-state index < -0.39 is 0 Å². The third kappa shape index (κ3) is 8.22. The third-order valence-electron chi connectivity index (χ3n) is 16.1. The molecule has 4 aliphatic carbocycles. The molecular formula is C68H68N2. The van der Waals surface area contributed by atoms with Gasteiger partial charge in [-0.15, -0.1) is 0 Å². The molecule has 0 radical (unpaired) electrons. The van der Waals surface area contributed by atoms with Crippen molar-refractivity contribution < 1.29 is 0 Å². The second-order valence-electron chi connectivity index (χ2n) is 19.9. The van der Waals surface area contributed by atoms with E-state index in [9.17, 15) is 0 Å². The molecule has 4 aliphatic rings. The number of para-hydroxylation sites is 2. The van der Waals surface area contributed by atoms with Gasteiger partial charge in [-0.2, -0.15) is 0 Å². The molecule has 2 nitrogen and oxygen atoms in total. The summed E-state index contributed by atoms with van der Waals surface area (Å²) in [6, 6.07) is 61.7. The summed E-state index contributed by atoms with van der Waals surface area (Å²) >= 11 is 0. The highest BCUT2D eigenvalue weighted by Crippen LogP contribution is 2.56. The van der Waals surface area contributed by atoms with Gasteiger partial charge >= 0.3 is 0 Å². The van der Waals surface area contributed by atoms with Gasteiger partial charge in [-0.05, 0) is 171 Å². The maximum absolute atomic E-state index is 2.47. The van der Waals surface area contributed by atoms with Crippen LogP contribution >= 0.6 is 0 Å². The van der Waals surface area contributed by atoms with Crippen LogP contribution in [0.3, 0.4) is 0 Å². The minimum Gasteiger partial charge on any atom is -0.310 e. The summed E-state index contributed by atoms with van der Waals surface area (Å²) in [7, 11) is 0. The molecule has 0 N–H and O–H groups in total. The lowest BCUT2D eigenvalue weighted by atomic mass is 9.60. The number of aromatic nitrogens is 1. The van der Waals surface area contributed by atoms with Gasteiger partial charge in [0.05, 0.1) is 11.0 Å². The maximum Gasteiger partial charge on any atom is 0.0542 e. The van der Waals surface area contributed by atoms with Crippen LogP contribution in [0.2, 0.25) is 0 Å². The van der Waals surface area contributed by atoms with Crippen molar-refractivity contribution in [2.24, 2.45) is 5.41 Å². The number of rotatable bonds is 8. The number of fused-ring (bicyclic) bond motifs is 9. The van der Waals surface area contributed by atoms with Crippen LogP contribution in [0.5, 0.6) is 0 Å². The molecular weight excluding hydrogens is 845 g/mol. The number of hydrogen-bond donors (Lipinski definition) is 0. The van der Waals surface area contributed by atoms with E-state index in [0.29, 0.717) is 5.41 Å². The molecule has 8 aromatic rings. The Morgan fingerprint density at radius 3 is 1.80 bits per heavy atom. The summed E-state index contributed by atoms with van der Waals surface area (Å²) in [6.07, 6.45) is 20.1. The van der Waals surface area contributed by atoms with Gasteiger partial charge in [0.1, 0.15) is 0 Å². The molecule has 1 aromatic heterocycles. The SMILES string of the molecule is CCC1(CC)C2=CC(C)=CC=C(C2)C2=C1C=CCC2.CCC1(CC)c2ccccc2-c2ccc(N(c3ccccc3)c3ccc4c(c3)c3cc(C)ccc3n4-c3ccccc3)cc21.Cc1ccccc1. The van der Waals surface area contributed by atoms with Gasteiger partial charge in [0, 0.05) is 44.4 Å². The fourth-order valence-electron chi connectivity index (χ4n) is 12.4. The molecule has 0 atom stereocenters. The van der Waals surface area contributed by atoms with Gasteiger partial charge in [-0.25, -0.2) is 0 Å². The van der Waals surface area contributed by atoms with Gasteiger partial charge in [0.25, 0.3) is 0 Å². The van der Waals surface area contributed by atoms with Crippen molar-refractivity contribution in [3.8, 4) is 16.8 Å². The van der Waals surface area contributed by atoms with Gasteiger partial charge in [-0.1, -0.05) is 183 Å². The van der Waals surface area contributed by atoms with E-state index in [-0.39, 0.29) is 5.41 Å². The maximum atomic E-state index is 2.47. The van der Waals surface area contributed by atoms with Crippen LogP contribution in [-0.4, -0.2) is 4.57 Å². The summed E-state index contributed by atoms with van der Waals surface area (Å²) in [5.41, 5.74) is 23.6. The van der Waals surface area contributed by atoms with Crippen molar-refractivity contribution in [1.82, 2.24) is 4.57 Å². The number of benzene rings is 7.